The van der Waals surface area contributed by atoms with Crippen LogP contribution < -0.4 is 0 Å². The van der Waals surface area contributed by atoms with Gasteiger partial charge in [-0.15, -0.1) is 0 Å². The molecule has 9 aromatic heterocycles. The molecule has 0 radical (unpaired) electrons. The molecule has 0 amide bonds. The Morgan fingerprint density at radius 2 is 0.492 bits per heavy atom. The Morgan fingerprint density at radius 3 is 0.855 bits per heavy atom. The van der Waals surface area contributed by atoms with E-state index >= 15 is 0 Å². The molecule has 0 unspecified atom stereocenters. The van der Waals surface area contributed by atoms with E-state index in [1.54, 1.807) is 0 Å². The van der Waals surface area contributed by atoms with Crippen LogP contribution in [0.15, 0.2) is 255 Å². The first-order valence-corrected chi connectivity index (χ1v) is 43.2. The molecule has 0 spiro atoms. The number of unbranched alkanes of at least 4 members (excludes halogenated alkanes) is 6. The molecule has 24 bridgehead atoms. The van der Waals surface area contributed by atoms with E-state index in [9.17, 15) is 0 Å². The second-order valence-electron chi connectivity index (χ2n) is 32.2. The highest BCUT2D eigenvalue weighted by Crippen LogP contribution is 2.41. The van der Waals surface area contributed by atoms with Crippen molar-refractivity contribution >= 4 is 139 Å². The van der Waals surface area contributed by atoms with Gasteiger partial charge in [-0.3, -0.25) is 0 Å². The molecule has 0 fully saturated rings. The summed E-state index contributed by atoms with van der Waals surface area (Å²) in [5.74, 6) is 14.8. The van der Waals surface area contributed by atoms with Gasteiger partial charge in [-0.25, -0.2) is 29.9 Å². The molecule has 12 nitrogen and oxygen atoms in total. The molecule has 15 aromatic rings. The van der Waals surface area contributed by atoms with Crippen LogP contribution in [0.5, 0.6) is 0 Å². The number of fused-ring (bicyclic) bond motifs is 24. The standard InChI is InChI=1S/C112H86N12/c1-3-5-7-21-31-83-87-53-54-88(117-87)84(32-22-8-6-4-2)90-56-58-92(119-90)86(48-38-72-35-41-78(42-36-72)112-105-67-63-101(123-105)109(75-27-17-11-18-28-75)97-51-45-81(115-97)70-82-46-52-98(116-82)110(76-29-19-12-20-30-76)102-64-68-106(112)124-102)94-60-59-93(120-94)85(91-57-55-89(83)118-91)47-37-71-33-39-77(40-34-71)111-103-65-61-99(121-103)107(73-23-13-9-14-24-73)95-49-43-79(113-95)69-80-44-50-96(114-80)108(74-25-15-10-16-26-74)100-62-66-104(111)122-100/h9-20,23-30,33-36,39-46,49-70,113,115,117,120,122,124H,3-8,21-22,31-32H2,1-2H3. The first-order valence-electron chi connectivity index (χ1n) is 43.2. The number of aromatic nitrogens is 12. The largest absolute Gasteiger partial charge is 0.355 e. The van der Waals surface area contributed by atoms with Gasteiger partial charge in [0.2, 0.25) is 0 Å². The average Bonchev–Trinajstić information content (AvgIpc) is 1.62. The van der Waals surface area contributed by atoms with E-state index in [-0.39, 0.29) is 0 Å². The van der Waals surface area contributed by atoms with Crippen LogP contribution in [0.2, 0.25) is 0 Å². The van der Waals surface area contributed by atoms with Gasteiger partial charge < -0.3 is 29.9 Å². The summed E-state index contributed by atoms with van der Waals surface area (Å²) >= 11 is 0. The summed E-state index contributed by atoms with van der Waals surface area (Å²) in [6, 6.07) is 89.3. The van der Waals surface area contributed by atoms with Crippen molar-refractivity contribution in [3.8, 4) is 90.4 Å². The van der Waals surface area contributed by atoms with Crippen LogP contribution >= 0.6 is 0 Å². The summed E-state index contributed by atoms with van der Waals surface area (Å²) < 4.78 is 0. The van der Waals surface area contributed by atoms with Crippen molar-refractivity contribution in [2.24, 2.45) is 0 Å². The molecule has 0 saturated carbocycles. The zero-order chi connectivity index (χ0) is 82.8. The van der Waals surface area contributed by atoms with Crippen LogP contribution in [-0.2, 0) is 12.8 Å². The SMILES string of the molecule is CCCCCCc1c2nc(c(C#Cc3ccc(-c4c5nc(c(-c6ccccc6)c6ccc(cc7nc(c(-c8ccccc8)c8ccc4[nH]8)C=C7)[nH]6)C=C5)cc3)c3ccc([nH]3)c(C#Cc3ccc(-c4c5nc(c(-c6ccccc6)c6ccc(cc7nc(c(-c8ccccc8)c8ccc4[nH]8)C=C7)[nH]6)C=C5)cc3)c3nc(c(CCCCCC)c4ccc1[nH]4)C=C3)C=C2. The Balaban J connectivity index is 0.720. The molecular weight excluding hydrogens is 1510 g/mol. The minimum atomic E-state index is 0.751. The van der Waals surface area contributed by atoms with Gasteiger partial charge in [0.15, 0.2) is 0 Å². The lowest BCUT2D eigenvalue weighted by atomic mass is 10.0. The van der Waals surface area contributed by atoms with Crippen molar-refractivity contribution in [1.82, 2.24) is 59.8 Å². The Bertz CT molecular complexity index is 7130. The van der Waals surface area contributed by atoms with Gasteiger partial charge in [0, 0.05) is 111 Å². The number of H-pyrrole nitrogens is 6. The summed E-state index contributed by atoms with van der Waals surface area (Å²) in [5, 5.41) is 0. The monoisotopic (exact) mass is 1600 g/mol. The van der Waals surface area contributed by atoms with E-state index < -0.39 is 0 Å². The highest BCUT2D eigenvalue weighted by Gasteiger charge is 2.23. The third-order valence-corrected chi connectivity index (χ3v) is 23.9. The predicted molar refractivity (Wildman–Crippen MR) is 517 cm³/mol. The van der Waals surface area contributed by atoms with Crippen molar-refractivity contribution in [3.05, 3.63) is 356 Å². The van der Waals surface area contributed by atoms with E-state index in [4.69, 9.17) is 29.9 Å². The first kappa shape index (κ1) is 75.7. The van der Waals surface area contributed by atoms with Gasteiger partial charge >= 0.3 is 0 Å². The van der Waals surface area contributed by atoms with Crippen molar-refractivity contribution in [2.75, 3.05) is 0 Å². The zero-order valence-electron chi connectivity index (χ0n) is 68.9. The Labute approximate surface area is 719 Å². The van der Waals surface area contributed by atoms with Gasteiger partial charge in [0.1, 0.15) is 0 Å². The van der Waals surface area contributed by atoms with Crippen LogP contribution in [-0.4, -0.2) is 59.8 Å². The smallest absolute Gasteiger partial charge is 0.0815 e. The maximum absolute atomic E-state index is 5.60. The maximum Gasteiger partial charge on any atom is 0.0815 e. The third-order valence-electron chi connectivity index (χ3n) is 23.9. The lowest BCUT2D eigenvalue weighted by molar-refractivity contribution is 0.666. The number of nitrogens with zero attached hydrogens (tertiary/aromatic N) is 6. The fourth-order valence-corrected chi connectivity index (χ4v) is 17.8. The topological polar surface area (TPSA) is 172 Å². The Kier molecular flexibility index (Phi) is 20.4. The van der Waals surface area contributed by atoms with Gasteiger partial charge in [-0.05, 0) is 241 Å². The third kappa shape index (κ3) is 15.2. The number of hydrogen-bond donors (Lipinski definition) is 6. The summed E-state index contributed by atoms with van der Waals surface area (Å²) in [4.78, 5) is 56.0. The molecule has 6 aromatic carbocycles. The number of nitrogens with one attached hydrogen (secondary N) is 6. The number of aromatic amines is 6. The van der Waals surface area contributed by atoms with Crippen molar-refractivity contribution < 1.29 is 0 Å². The highest BCUT2D eigenvalue weighted by molar-refractivity contribution is 6.01. The lowest BCUT2D eigenvalue weighted by Gasteiger charge is -2.06. The van der Waals surface area contributed by atoms with E-state index in [1.807, 2.05) is 0 Å². The molecule has 0 aliphatic carbocycles. The van der Waals surface area contributed by atoms with Crippen LogP contribution in [0.1, 0.15) is 167 Å². The van der Waals surface area contributed by atoms with Gasteiger partial charge in [0.05, 0.1) is 90.5 Å². The predicted octanol–water partition coefficient (Wildman–Crippen LogP) is 27.6. The zero-order valence-corrected chi connectivity index (χ0v) is 68.9. The minimum Gasteiger partial charge on any atom is -0.355 e. The highest BCUT2D eigenvalue weighted by atomic mass is 14.8. The molecule has 6 aliphatic rings. The van der Waals surface area contributed by atoms with E-state index in [0.29, 0.717) is 0 Å². The van der Waals surface area contributed by atoms with Crippen molar-refractivity contribution in [1.29, 1.82) is 0 Å². The van der Waals surface area contributed by atoms with Gasteiger partial charge in [-0.2, -0.15) is 0 Å². The maximum atomic E-state index is 5.60. The fourth-order valence-electron chi connectivity index (χ4n) is 17.8. The van der Waals surface area contributed by atoms with Crippen LogP contribution in [0.4, 0.5) is 0 Å². The molecule has 12 heteroatoms. The molecule has 0 atom stereocenters. The summed E-state index contributed by atoms with van der Waals surface area (Å²) in [7, 11) is 0. The number of rotatable bonds is 16. The van der Waals surface area contributed by atoms with Crippen molar-refractivity contribution in [2.45, 2.75) is 78.1 Å². The quantitative estimate of drug-likeness (QED) is 0.0415. The fraction of sp³-hybridized carbons (Fsp3) is 0.107. The Hall–Kier alpha value is -15.8. The number of benzene rings is 6. The van der Waals surface area contributed by atoms with Crippen LogP contribution in [0.25, 0.3) is 206 Å². The molecule has 124 heavy (non-hydrogen) atoms. The molecule has 6 N–H and O–H groups in total. The second kappa shape index (κ2) is 33.4. The van der Waals surface area contributed by atoms with E-state index in [0.717, 1.165) is 275 Å². The van der Waals surface area contributed by atoms with Gasteiger partial charge in [-0.1, -0.05) is 222 Å². The molecule has 21 rings (SSSR count). The van der Waals surface area contributed by atoms with Crippen LogP contribution in [0, 0.1) is 23.7 Å². The number of aryl methyl sites for hydroxylation is 2. The molecule has 594 valence electrons. The molecule has 0 saturated heterocycles. The molecule has 6 aliphatic heterocycles. The lowest BCUT2D eigenvalue weighted by Crippen LogP contribution is -1.94. The van der Waals surface area contributed by atoms with Crippen molar-refractivity contribution in [3.63, 3.8) is 0 Å². The summed E-state index contributed by atoms with van der Waals surface area (Å²) in [6.07, 6.45) is 36.3. The minimum absolute atomic E-state index is 0.751. The number of hydrogen-bond acceptors (Lipinski definition) is 6. The van der Waals surface area contributed by atoms with Gasteiger partial charge in [0.25, 0.3) is 0 Å². The molecule has 15 heterocycles. The normalized spacial score (nSPS) is 12.3. The average molecular weight is 1600 g/mol. The summed E-state index contributed by atoms with van der Waals surface area (Å²) in [5.41, 5.74) is 39.1. The summed E-state index contributed by atoms with van der Waals surface area (Å²) in [6.45, 7) is 4.54. The first-order chi connectivity index (χ1) is 61.3. The van der Waals surface area contributed by atoms with Crippen LogP contribution in [0.3, 0.4) is 0 Å². The van der Waals surface area contributed by atoms with E-state index in [1.165, 1.54) is 24.0 Å². The Morgan fingerprint density at radius 1 is 0.218 bits per heavy atom. The van der Waals surface area contributed by atoms with E-state index in [2.05, 4.69) is 395 Å². The molecular formula is C112H86N12. The second-order valence-corrected chi connectivity index (χ2v) is 32.2.